The lowest BCUT2D eigenvalue weighted by Gasteiger charge is -2.21. The number of carbonyl (C=O) groups excluding carboxylic acids is 1. The number of nitrogens with zero attached hydrogens (tertiary/aromatic N) is 3. The molecule has 0 unspecified atom stereocenters. The number of halogens is 1. The predicted octanol–water partition coefficient (Wildman–Crippen LogP) is 1.65. The zero-order valence-corrected chi connectivity index (χ0v) is 11.2. The Kier molecular flexibility index (Phi) is 5.38. The number of carbonyl (C=O) groups is 1. The predicted molar refractivity (Wildman–Crippen MR) is 68.9 cm³/mol. The minimum atomic E-state index is 0.104. The molecule has 5 heteroatoms. The van der Waals surface area contributed by atoms with Crippen LogP contribution in [0.15, 0.2) is 18.3 Å². The van der Waals surface area contributed by atoms with Crippen LogP contribution in [-0.4, -0.2) is 47.9 Å². The van der Waals surface area contributed by atoms with Gasteiger partial charge >= 0.3 is 0 Å². The fraction of sp³-hybridized carbons (Fsp3) is 0.500. The molecule has 0 atom stereocenters. The minimum Gasteiger partial charge on any atom is -0.348 e. The molecule has 17 heavy (non-hydrogen) atoms. The summed E-state index contributed by atoms with van der Waals surface area (Å²) >= 11 is 5.82. The third kappa shape index (κ3) is 4.71. The highest BCUT2D eigenvalue weighted by molar-refractivity contribution is 6.29. The molecule has 0 saturated heterocycles. The lowest BCUT2D eigenvalue weighted by molar-refractivity contribution is -0.130. The lowest BCUT2D eigenvalue weighted by Crippen LogP contribution is -2.36. The van der Waals surface area contributed by atoms with Crippen molar-refractivity contribution in [2.75, 3.05) is 27.2 Å². The van der Waals surface area contributed by atoms with Crippen molar-refractivity contribution in [3.63, 3.8) is 0 Å². The molecule has 1 aromatic rings. The Balaban J connectivity index is 2.61. The smallest absolute Gasteiger partial charge is 0.236 e. The summed E-state index contributed by atoms with van der Waals surface area (Å²) < 4.78 is 0. The Morgan fingerprint density at radius 1 is 1.47 bits per heavy atom. The van der Waals surface area contributed by atoms with Gasteiger partial charge in [0, 0.05) is 26.8 Å². The van der Waals surface area contributed by atoms with Gasteiger partial charge in [0.2, 0.25) is 5.91 Å². The Morgan fingerprint density at radius 2 is 2.18 bits per heavy atom. The third-order valence-corrected chi connectivity index (χ3v) is 2.71. The van der Waals surface area contributed by atoms with Crippen molar-refractivity contribution in [1.29, 1.82) is 0 Å². The molecule has 0 saturated carbocycles. The molecule has 0 aromatic carbocycles. The van der Waals surface area contributed by atoms with Crippen molar-refractivity contribution in [3.8, 4) is 0 Å². The number of likely N-dealkylation sites (N-methyl/N-ethyl adjacent to an activating group) is 2. The molecule has 1 amide bonds. The molecule has 0 N–H and O–H groups in total. The van der Waals surface area contributed by atoms with Crippen LogP contribution in [0.1, 0.15) is 12.5 Å². The Hall–Kier alpha value is -1.13. The zero-order valence-electron chi connectivity index (χ0n) is 10.5. The molecule has 0 bridgehead atoms. The van der Waals surface area contributed by atoms with Crippen LogP contribution in [0.25, 0.3) is 0 Å². The van der Waals surface area contributed by atoms with Gasteiger partial charge in [0.15, 0.2) is 0 Å². The summed E-state index contributed by atoms with van der Waals surface area (Å²) in [5, 5.41) is 0.484. The van der Waals surface area contributed by atoms with Crippen LogP contribution < -0.4 is 0 Å². The van der Waals surface area contributed by atoms with Crippen molar-refractivity contribution in [3.05, 3.63) is 29.0 Å². The second-order valence-electron chi connectivity index (χ2n) is 4.08. The average molecular weight is 256 g/mol. The molecule has 94 valence electrons. The van der Waals surface area contributed by atoms with E-state index in [1.807, 2.05) is 19.1 Å². The topological polar surface area (TPSA) is 36.4 Å². The summed E-state index contributed by atoms with van der Waals surface area (Å²) in [4.78, 5) is 19.2. The number of amides is 1. The van der Waals surface area contributed by atoms with Crippen molar-refractivity contribution in [1.82, 2.24) is 14.8 Å². The van der Waals surface area contributed by atoms with Crippen molar-refractivity contribution >= 4 is 17.5 Å². The Labute approximate surface area is 107 Å². The summed E-state index contributed by atoms with van der Waals surface area (Å²) in [7, 11) is 3.53. The van der Waals surface area contributed by atoms with Crippen LogP contribution in [0.4, 0.5) is 0 Å². The van der Waals surface area contributed by atoms with Gasteiger partial charge in [-0.3, -0.25) is 9.69 Å². The normalized spacial score (nSPS) is 10.6. The SMILES string of the molecule is CCN(CC(=O)N(C)C)Cc1ccnc(Cl)c1. The number of hydrogen-bond donors (Lipinski definition) is 0. The molecule has 0 aliphatic carbocycles. The first-order valence-corrected chi connectivity index (χ1v) is 5.93. The minimum absolute atomic E-state index is 0.104. The Bertz CT molecular complexity index is 382. The number of hydrogen-bond acceptors (Lipinski definition) is 3. The molecular formula is C12H18ClN3O. The van der Waals surface area contributed by atoms with Gasteiger partial charge in [-0.1, -0.05) is 18.5 Å². The summed E-state index contributed by atoms with van der Waals surface area (Å²) in [6.45, 7) is 3.98. The molecule has 0 fully saturated rings. The first-order chi connectivity index (χ1) is 8.02. The number of pyridine rings is 1. The number of rotatable bonds is 5. The monoisotopic (exact) mass is 255 g/mol. The number of aromatic nitrogens is 1. The maximum atomic E-state index is 11.6. The molecule has 4 nitrogen and oxygen atoms in total. The van der Waals surface area contributed by atoms with Gasteiger partial charge in [-0.25, -0.2) is 4.98 Å². The van der Waals surface area contributed by atoms with Gasteiger partial charge in [-0.05, 0) is 24.2 Å². The lowest BCUT2D eigenvalue weighted by atomic mass is 10.2. The third-order valence-electron chi connectivity index (χ3n) is 2.50. The first kappa shape index (κ1) is 13.9. The standard InChI is InChI=1S/C12H18ClN3O/c1-4-16(9-12(17)15(2)3)8-10-5-6-14-11(13)7-10/h5-7H,4,8-9H2,1-3H3. The van der Waals surface area contributed by atoms with E-state index in [0.717, 1.165) is 12.1 Å². The van der Waals surface area contributed by atoms with E-state index in [-0.39, 0.29) is 5.91 Å². The summed E-state index contributed by atoms with van der Waals surface area (Å²) in [5.41, 5.74) is 1.07. The molecule has 1 rings (SSSR count). The largest absolute Gasteiger partial charge is 0.348 e. The summed E-state index contributed by atoms with van der Waals surface area (Å²) in [6.07, 6.45) is 1.68. The van der Waals surface area contributed by atoms with Crippen LogP contribution >= 0.6 is 11.6 Å². The van der Waals surface area contributed by atoms with Crippen LogP contribution in [0.3, 0.4) is 0 Å². The first-order valence-electron chi connectivity index (χ1n) is 5.56. The quantitative estimate of drug-likeness (QED) is 0.751. The van der Waals surface area contributed by atoms with Crippen LogP contribution in [0.5, 0.6) is 0 Å². The van der Waals surface area contributed by atoms with Gasteiger partial charge in [0.1, 0.15) is 5.15 Å². The van der Waals surface area contributed by atoms with E-state index in [1.165, 1.54) is 0 Å². The van der Waals surface area contributed by atoms with Crippen molar-refractivity contribution < 1.29 is 4.79 Å². The van der Waals surface area contributed by atoms with Gasteiger partial charge in [-0.2, -0.15) is 0 Å². The molecule has 0 radical (unpaired) electrons. The van der Waals surface area contributed by atoms with Crippen LogP contribution in [0.2, 0.25) is 5.15 Å². The highest BCUT2D eigenvalue weighted by Gasteiger charge is 2.11. The highest BCUT2D eigenvalue weighted by Crippen LogP contribution is 2.09. The van der Waals surface area contributed by atoms with Gasteiger partial charge in [-0.15, -0.1) is 0 Å². The van der Waals surface area contributed by atoms with Crippen molar-refractivity contribution in [2.45, 2.75) is 13.5 Å². The molecule has 1 heterocycles. The molecule has 0 aliphatic heterocycles. The van der Waals surface area contributed by atoms with Crippen molar-refractivity contribution in [2.24, 2.45) is 0 Å². The van der Waals surface area contributed by atoms with Gasteiger partial charge < -0.3 is 4.90 Å². The maximum Gasteiger partial charge on any atom is 0.236 e. The molecule has 1 aromatic heterocycles. The maximum absolute atomic E-state index is 11.6. The highest BCUT2D eigenvalue weighted by atomic mass is 35.5. The Morgan fingerprint density at radius 3 is 2.71 bits per heavy atom. The second kappa shape index (κ2) is 6.57. The summed E-state index contributed by atoms with van der Waals surface area (Å²) in [6, 6.07) is 3.74. The van der Waals surface area contributed by atoms with E-state index in [4.69, 9.17) is 11.6 Å². The zero-order chi connectivity index (χ0) is 12.8. The molecule has 0 aliphatic rings. The average Bonchev–Trinajstić information content (AvgIpc) is 2.27. The van der Waals surface area contributed by atoms with Gasteiger partial charge in [0.25, 0.3) is 0 Å². The van der Waals surface area contributed by atoms with E-state index in [1.54, 1.807) is 25.2 Å². The fourth-order valence-corrected chi connectivity index (χ4v) is 1.61. The van der Waals surface area contributed by atoms with Gasteiger partial charge in [0.05, 0.1) is 6.54 Å². The molecule has 0 spiro atoms. The second-order valence-corrected chi connectivity index (χ2v) is 4.47. The van der Waals surface area contributed by atoms with E-state index in [0.29, 0.717) is 18.2 Å². The van der Waals surface area contributed by atoms with Crippen LogP contribution in [-0.2, 0) is 11.3 Å². The van der Waals surface area contributed by atoms with E-state index >= 15 is 0 Å². The van der Waals surface area contributed by atoms with Crippen LogP contribution in [0, 0.1) is 0 Å². The van der Waals surface area contributed by atoms with E-state index in [2.05, 4.69) is 9.88 Å². The summed E-state index contributed by atoms with van der Waals surface area (Å²) in [5.74, 6) is 0.104. The molecular weight excluding hydrogens is 238 g/mol. The van der Waals surface area contributed by atoms with E-state index in [9.17, 15) is 4.79 Å². The van der Waals surface area contributed by atoms with E-state index < -0.39 is 0 Å². The fourth-order valence-electron chi connectivity index (χ4n) is 1.41.